The molecular formula is C22H22N2O4. The molecule has 3 aromatic rings. The lowest BCUT2D eigenvalue weighted by molar-refractivity contribution is -0.117. The zero-order valence-electron chi connectivity index (χ0n) is 15.6. The van der Waals surface area contributed by atoms with Crippen LogP contribution in [0.2, 0.25) is 0 Å². The van der Waals surface area contributed by atoms with Gasteiger partial charge in [0.1, 0.15) is 17.2 Å². The van der Waals surface area contributed by atoms with E-state index in [-0.39, 0.29) is 17.5 Å². The molecule has 1 aromatic carbocycles. The first-order valence-corrected chi connectivity index (χ1v) is 9.05. The van der Waals surface area contributed by atoms with E-state index in [0.717, 1.165) is 24.2 Å². The van der Waals surface area contributed by atoms with Gasteiger partial charge in [0.05, 0.1) is 12.5 Å². The van der Waals surface area contributed by atoms with Crippen LogP contribution in [-0.2, 0) is 11.2 Å². The molecule has 0 radical (unpaired) electrons. The van der Waals surface area contributed by atoms with Gasteiger partial charge in [-0.3, -0.25) is 9.59 Å². The van der Waals surface area contributed by atoms with Crippen LogP contribution >= 0.6 is 0 Å². The van der Waals surface area contributed by atoms with Gasteiger partial charge >= 0.3 is 0 Å². The smallest absolute Gasteiger partial charge is 0.267 e. The lowest BCUT2D eigenvalue weighted by atomic mass is 10.1. The minimum atomic E-state index is -0.378. The molecule has 144 valence electrons. The molecule has 28 heavy (non-hydrogen) atoms. The molecule has 0 saturated heterocycles. The van der Waals surface area contributed by atoms with E-state index < -0.39 is 0 Å². The zero-order valence-corrected chi connectivity index (χ0v) is 15.6. The Morgan fingerprint density at radius 2 is 1.75 bits per heavy atom. The number of furan rings is 2. The standard InChI is InChI=1S/C22H22N2O4/c1-16-8-10-17(11-9-16)21(25)24-20(15-19-7-4-14-28-19)22(26)23-12-2-5-18-6-3-13-27-18/h3-4,6-11,13-15H,2,5,12H2,1H3,(H,23,26)(H,24,25)/b20-15-. The van der Waals surface area contributed by atoms with Gasteiger partial charge in [-0.25, -0.2) is 0 Å². The number of hydrogen-bond acceptors (Lipinski definition) is 4. The normalized spacial score (nSPS) is 11.2. The van der Waals surface area contributed by atoms with Crippen molar-refractivity contribution in [1.29, 1.82) is 0 Å². The molecule has 2 heterocycles. The van der Waals surface area contributed by atoms with Crippen LogP contribution in [0.3, 0.4) is 0 Å². The molecule has 0 spiro atoms. The zero-order chi connectivity index (χ0) is 19.8. The average molecular weight is 378 g/mol. The molecule has 2 aromatic heterocycles. The molecule has 2 amide bonds. The van der Waals surface area contributed by atoms with Crippen molar-refractivity contribution in [2.75, 3.05) is 6.54 Å². The molecular weight excluding hydrogens is 356 g/mol. The molecule has 6 nitrogen and oxygen atoms in total. The minimum absolute atomic E-state index is 0.124. The summed E-state index contributed by atoms with van der Waals surface area (Å²) in [6.45, 7) is 2.40. The number of aryl methyl sites for hydroxylation is 2. The summed E-state index contributed by atoms with van der Waals surface area (Å²) in [6.07, 6.45) is 6.08. The van der Waals surface area contributed by atoms with E-state index >= 15 is 0 Å². The van der Waals surface area contributed by atoms with E-state index in [0.29, 0.717) is 17.9 Å². The Balaban J connectivity index is 1.63. The van der Waals surface area contributed by atoms with E-state index in [9.17, 15) is 9.59 Å². The summed E-state index contributed by atoms with van der Waals surface area (Å²) in [7, 11) is 0. The van der Waals surface area contributed by atoms with Gasteiger partial charge in [0.15, 0.2) is 0 Å². The summed E-state index contributed by atoms with van der Waals surface area (Å²) in [5.74, 6) is 0.609. The molecule has 0 aliphatic carbocycles. The predicted octanol–water partition coefficient (Wildman–Crippen LogP) is 3.70. The number of hydrogen-bond donors (Lipinski definition) is 2. The van der Waals surface area contributed by atoms with Crippen LogP contribution in [0, 0.1) is 6.92 Å². The van der Waals surface area contributed by atoms with Crippen molar-refractivity contribution >= 4 is 17.9 Å². The van der Waals surface area contributed by atoms with Crippen molar-refractivity contribution in [3.05, 3.63) is 89.4 Å². The highest BCUT2D eigenvalue weighted by atomic mass is 16.3. The van der Waals surface area contributed by atoms with E-state index in [4.69, 9.17) is 8.83 Å². The fraction of sp³-hybridized carbons (Fsp3) is 0.182. The first-order chi connectivity index (χ1) is 13.6. The van der Waals surface area contributed by atoms with Crippen molar-refractivity contribution in [1.82, 2.24) is 10.6 Å². The molecule has 0 aliphatic heterocycles. The molecule has 0 atom stereocenters. The van der Waals surface area contributed by atoms with Crippen LogP contribution in [0.5, 0.6) is 0 Å². The summed E-state index contributed by atoms with van der Waals surface area (Å²) in [5.41, 5.74) is 1.65. The van der Waals surface area contributed by atoms with Crippen molar-refractivity contribution in [2.24, 2.45) is 0 Å². The maximum Gasteiger partial charge on any atom is 0.267 e. The van der Waals surface area contributed by atoms with Gasteiger partial charge in [0.25, 0.3) is 11.8 Å². The second kappa shape index (κ2) is 9.41. The van der Waals surface area contributed by atoms with Gasteiger partial charge in [-0.1, -0.05) is 17.7 Å². The summed E-state index contributed by atoms with van der Waals surface area (Å²) < 4.78 is 10.5. The second-order valence-electron chi connectivity index (χ2n) is 6.33. The largest absolute Gasteiger partial charge is 0.469 e. The molecule has 0 unspecified atom stereocenters. The van der Waals surface area contributed by atoms with Crippen LogP contribution in [0.25, 0.3) is 6.08 Å². The first-order valence-electron chi connectivity index (χ1n) is 9.05. The molecule has 0 fully saturated rings. The van der Waals surface area contributed by atoms with Crippen molar-refractivity contribution < 1.29 is 18.4 Å². The number of benzene rings is 1. The van der Waals surface area contributed by atoms with Crippen molar-refractivity contribution in [2.45, 2.75) is 19.8 Å². The Bertz CT molecular complexity index is 924. The van der Waals surface area contributed by atoms with Crippen molar-refractivity contribution in [3.63, 3.8) is 0 Å². The second-order valence-corrected chi connectivity index (χ2v) is 6.33. The van der Waals surface area contributed by atoms with Crippen molar-refractivity contribution in [3.8, 4) is 0 Å². The van der Waals surface area contributed by atoms with Crippen LogP contribution in [0.4, 0.5) is 0 Å². The summed E-state index contributed by atoms with van der Waals surface area (Å²) >= 11 is 0. The highest BCUT2D eigenvalue weighted by Crippen LogP contribution is 2.09. The molecule has 3 rings (SSSR count). The number of nitrogens with one attached hydrogen (secondary N) is 2. The van der Waals surface area contributed by atoms with E-state index in [1.807, 2.05) is 31.2 Å². The van der Waals surface area contributed by atoms with Crippen LogP contribution in [-0.4, -0.2) is 18.4 Å². The number of carbonyl (C=O) groups excluding carboxylic acids is 2. The third-order valence-corrected chi connectivity index (χ3v) is 4.10. The summed E-state index contributed by atoms with van der Waals surface area (Å²) in [6, 6.07) is 14.3. The third-order valence-electron chi connectivity index (χ3n) is 4.10. The van der Waals surface area contributed by atoms with Gasteiger partial charge < -0.3 is 19.5 Å². The van der Waals surface area contributed by atoms with E-state index in [1.54, 1.807) is 30.5 Å². The fourth-order valence-corrected chi connectivity index (χ4v) is 2.59. The predicted molar refractivity (Wildman–Crippen MR) is 105 cm³/mol. The quantitative estimate of drug-likeness (QED) is 0.462. The molecule has 0 bridgehead atoms. The highest BCUT2D eigenvalue weighted by molar-refractivity contribution is 6.05. The Kier molecular flexibility index (Phi) is 6.46. The lowest BCUT2D eigenvalue weighted by Gasteiger charge is -2.11. The molecule has 2 N–H and O–H groups in total. The first kappa shape index (κ1) is 19.2. The Hall–Kier alpha value is -3.54. The summed E-state index contributed by atoms with van der Waals surface area (Å²) in [4.78, 5) is 25.1. The van der Waals surface area contributed by atoms with E-state index in [1.165, 1.54) is 12.3 Å². The van der Waals surface area contributed by atoms with Crippen LogP contribution in [0.15, 0.2) is 75.6 Å². The minimum Gasteiger partial charge on any atom is -0.469 e. The van der Waals surface area contributed by atoms with Gasteiger partial charge in [0.2, 0.25) is 0 Å². The number of amides is 2. The highest BCUT2D eigenvalue weighted by Gasteiger charge is 2.15. The molecule has 6 heteroatoms. The number of rotatable bonds is 8. The fourth-order valence-electron chi connectivity index (χ4n) is 2.59. The average Bonchev–Trinajstić information content (AvgIpc) is 3.39. The Labute approximate surface area is 163 Å². The van der Waals surface area contributed by atoms with Crippen LogP contribution in [0.1, 0.15) is 33.9 Å². The van der Waals surface area contributed by atoms with Crippen LogP contribution < -0.4 is 10.6 Å². The number of carbonyl (C=O) groups is 2. The summed E-state index contributed by atoms with van der Waals surface area (Å²) in [5, 5.41) is 5.50. The van der Waals surface area contributed by atoms with Gasteiger partial charge in [0, 0.05) is 24.6 Å². The van der Waals surface area contributed by atoms with Gasteiger partial charge in [-0.15, -0.1) is 0 Å². The monoisotopic (exact) mass is 378 g/mol. The molecule has 0 saturated carbocycles. The Morgan fingerprint density at radius 3 is 2.43 bits per heavy atom. The lowest BCUT2D eigenvalue weighted by Crippen LogP contribution is -2.35. The molecule has 0 aliphatic rings. The maximum absolute atomic E-state index is 12.6. The van der Waals surface area contributed by atoms with E-state index in [2.05, 4.69) is 10.6 Å². The van der Waals surface area contributed by atoms with Gasteiger partial charge in [-0.05, 0) is 49.7 Å². The Morgan fingerprint density at radius 1 is 1.00 bits per heavy atom. The topological polar surface area (TPSA) is 84.5 Å². The SMILES string of the molecule is Cc1ccc(C(=O)N/C(=C\c2ccco2)C(=O)NCCCc2ccco2)cc1. The maximum atomic E-state index is 12.6. The third kappa shape index (κ3) is 5.48. The van der Waals surface area contributed by atoms with Gasteiger partial charge in [-0.2, -0.15) is 0 Å².